The van der Waals surface area contributed by atoms with Gasteiger partial charge < -0.3 is 0 Å². The van der Waals surface area contributed by atoms with Gasteiger partial charge in [0.1, 0.15) is 0 Å². The molecule has 0 radical (unpaired) electrons. The highest BCUT2D eigenvalue weighted by Crippen LogP contribution is 2.66. The van der Waals surface area contributed by atoms with Crippen LogP contribution in [0.4, 0.5) is 0 Å². The first kappa shape index (κ1) is 19.7. The summed E-state index contributed by atoms with van der Waals surface area (Å²) in [5.41, 5.74) is 2.30. The fourth-order valence-electron chi connectivity index (χ4n) is 7.96. The average Bonchev–Trinajstić information content (AvgIpc) is 2.95. The monoisotopic (exact) mass is 370 g/mol. The largest absolute Gasteiger partial charge is 0.295 e. The van der Waals surface area contributed by atoms with Crippen molar-refractivity contribution in [3.63, 3.8) is 0 Å². The molecule has 152 valence electrons. The SMILES string of the molecule is CC(C)CCCCC1CCC2C3C(=O)C=C4CCCC[C@]4(C)C3CC[C@]12C. The molecule has 4 rings (SSSR count). The van der Waals surface area contributed by atoms with Crippen LogP contribution >= 0.6 is 0 Å². The summed E-state index contributed by atoms with van der Waals surface area (Å²) in [5, 5.41) is 0. The lowest BCUT2D eigenvalue weighted by atomic mass is 9.47. The Morgan fingerprint density at radius 2 is 1.85 bits per heavy atom. The summed E-state index contributed by atoms with van der Waals surface area (Å²) in [7, 11) is 0. The van der Waals surface area contributed by atoms with Crippen LogP contribution in [0.5, 0.6) is 0 Å². The maximum absolute atomic E-state index is 13.3. The van der Waals surface area contributed by atoms with Gasteiger partial charge in [0.25, 0.3) is 0 Å². The number of carbonyl (C=O) groups excluding carboxylic acids is 1. The molecule has 0 bridgehead atoms. The molecular weight excluding hydrogens is 328 g/mol. The standard InChI is InChI=1S/C26H42O/c1-18(2)9-5-6-10-19-12-13-21-24-22(14-16-26(19,21)4)25(3)15-8-7-11-20(25)17-23(24)27/h17-19,21-22,24H,5-16H2,1-4H3/t19?,21?,22?,24?,25-,26+/m0/s1. The summed E-state index contributed by atoms with van der Waals surface area (Å²) in [5.74, 6) is 3.87. The number of carbonyl (C=O) groups is 1. The van der Waals surface area contributed by atoms with Gasteiger partial charge in [-0.15, -0.1) is 0 Å². The van der Waals surface area contributed by atoms with E-state index >= 15 is 0 Å². The maximum atomic E-state index is 13.3. The Labute approximate surface area is 167 Å². The van der Waals surface area contributed by atoms with Crippen molar-refractivity contribution in [1.29, 1.82) is 0 Å². The van der Waals surface area contributed by atoms with Crippen LogP contribution in [0, 0.1) is 40.4 Å². The third-order valence-corrected chi connectivity index (χ3v) is 9.64. The third kappa shape index (κ3) is 3.25. The van der Waals surface area contributed by atoms with Gasteiger partial charge in [0.2, 0.25) is 0 Å². The van der Waals surface area contributed by atoms with E-state index in [0.29, 0.717) is 34.4 Å². The summed E-state index contributed by atoms with van der Waals surface area (Å²) >= 11 is 0. The molecule has 1 nitrogen and oxygen atoms in total. The molecule has 0 aromatic rings. The van der Waals surface area contributed by atoms with Crippen molar-refractivity contribution in [2.45, 2.75) is 105 Å². The number of unbranched alkanes of at least 4 members (excludes halogenated alkanes) is 1. The second-order valence-corrected chi connectivity index (χ2v) is 11.4. The van der Waals surface area contributed by atoms with E-state index in [9.17, 15) is 4.79 Å². The molecule has 3 saturated carbocycles. The Balaban J connectivity index is 1.51. The van der Waals surface area contributed by atoms with E-state index in [4.69, 9.17) is 0 Å². The van der Waals surface area contributed by atoms with Crippen molar-refractivity contribution in [2.24, 2.45) is 40.4 Å². The zero-order chi connectivity index (χ0) is 19.2. The van der Waals surface area contributed by atoms with Crippen LogP contribution in [0.25, 0.3) is 0 Å². The van der Waals surface area contributed by atoms with Crippen molar-refractivity contribution in [2.75, 3.05) is 0 Å². The first-order valence-corrected chi connectivity index (χ1v) is 12.1. The van der Waals surface area contributed by atoms with Gasteiger partial charge in [-0.05, 0) is 91.9 Å². The molecule has 4 unspecified atom stereocenters. The Kier molecular flexibility index (Phi) is 5.36. The lowest BCUT2D eigenvalue weighted by molar-refractivity contribution is -0.133. The van der Waals surface area contributed by atoms with Crippen LogP contribution in [0.1, 0.15) is 105 Å². The predicted octanol–water partition coefficient (Wildman–Crippen LogP) is 7.35. The normalized spacial score (nSPS) is 43.9. The summed E-state index contributed by atoms with van der Waals surface area (Å²) in [4.78, 5) is 13.3. The molecule has 0 aliphatic heterocycles. The van der Waals surface area contributed by atoms with E-state index in [0.717, 1.165) is 11.8 Å². The van der Waals surface area contributed by atoms with Crippen molar-refractivity contribution in [3.05, 3.63) is 11.6 Å². The molecule has 0 aromatic heterocycles. The molecule has 3 fully saturated rings. The van der Waals surface area contributed by atoms with Gasteiger partial charge in [0.05, 0.1) is 0 Å². The average molecular weight is 371 g/mol. The molecule has 4 aliphatic rings. The quantitative estimate of drug-likeness (QED) is 0.462. The zero-order valence-corrected chi connectivity index (χ0v) is 18.4. The topological polar surface area (TPSA) is 17.1 Å². The smallest absolute Gasteiger partial charge is 0.159 e. The van der Waals surface area contributed by atoms with Gasteiger partial charge in [-0.25, -0.2) is 0 Å². The molecule has 1 heteroatoms. The van der Waals surface area contributed by atoms with E-state index in [2.05, 4.69) is 33.8 Å². The first-order valence-electron chi connectivity index (χ1n) is 12.1. The summed E-state index contributed by atoms with van der Waals surface area (Å²) in [6.45, 7) is 9.78. The lowest BCUT2D eigenvalue weighted by Crippen LogP contribution is -2.52. The van der Waals surface area contributed by atoms with Gasteiger partial charge in [0, 0.05) is 5.92 Å². The van der Waals surface area contributed by atoms with Crippen LogP contribution in [0.15, 0.2) is 11.6 Å². The minimum absolute atomic E-state index is 0.341. The Bertz CT molecular complexity index is 601. The molecule has 0 aromatic carbocycles. The van der Waals surface area contributed by atoms with E-state index in [1.807, 2.05) is 0 Å². The Morgan fingerprint density at radius 1 is 1.04 bits per heavy atom. The summed E-state index contributed by atoms with van der Waals surface area (Å²) in [6.07, 6.45) is 18.3. The molecule has 0 spiro atoms. The molecule has 0 heterocycles. The third-order valence-electron chi connectivity index (χ3n) is 9.64. The number of ketones is 1. The first-order chi connectivity index (χ1) is 12.9. The number of rotatable bonds is 5. The maximum Gasteiger partial charge on any atom is 0.159 e. The molecule has 27 heavy (non-hydrogen) atoms. The summed E-state index contributed by atoms with van der Waals surface area (Å²) in [6, 6.07) is 0. The van der Waals surface area contributed by atoms with Crippen LogP contribution < -0.4 is 0 Å². The van der Waals surface area contributed by atoms with Gasteiger partial charge in [-0.3, -0.25) is 4.79 Å². The lowest BCUT2D eigenvalue weighted by Gasteiger charge is -2.56. The molecule has 6 atom stereocenters. The van der Waals surface area contributed by atoms with Crippen molar-refractivity contribution in [1.82, 2.24) is 0 Å². The van der Waals surface area contributed by atoms with E-state index < -0.39 is 0 Å². The van der Waals surface area contributed by atoms with Crippen LogP contribution in [0.2, 0.25) is 0 Å². The highest BCUT2D eigenvalue weighted by Gasteiger charge is 2.60. The highest BCUT2D eigenvalue weighted by atomic mass is 16.1. The second-order valence-electron chi connectivity index (χ2n) is 11.4. The Hall–Kier alpha value is -0.590. The van der Waals surface area contributed by atoms with Crippen LogP contribution in [0.3, 0.4) is 0 Å². The molecule has 0 saturated heterocycles. The molecule has 4 aliphatic carbocycles. The minimum atomic E-state index is 0.341. The highest BCUT2D eigenvalue weighted by molar-refractivity contribution is 5.94. The number of hydrogen-bond acceptors (Lipinski definition) is 1. The molecular formula is C26H42O. The van der Waals surface area contributed by atoms with Crippen molar-refractivity contribution >= 4 is 5.78 Å². The molecule has 0 N–H and O–H groups in total. The van der Waals surface area contributed by atoms with Crippen molar-refractivity contribution in [3.8, 4) is 0 Å². The van der Waals surface area contributed by atoms with Crippen LogP contribution in [-0.4, -0.2) is 5.78 Å². The minimum Gasteiger partial charge on any atom is -0.295 e. The second kappa shape index (κ2) is 7.34. The fraction of sp³-hybridized carbons (Fsp3) is 0.885. The fourth-order valence-corrected chi connectivity index (χ4v) is 7.96. The number of hydrogen-bond donors (Lipinski definition) is 0. The summed E-state index contributed by atoms with van der Waals surface area (Å²) < 4.78 is 0. The van der Waals surface area contributed by atoms with E-state index in [-0.39, 0.29) is 0 Å². The number of allylic oxidation sites excluding steroid dienone is 2. The van der Waals surface area contributed by atoms with Crippen LogP contribution in [-0.2, 0) is 4.79 Å². The molecule has 0 amide bonds. The van der Waals surface area contributed by atoms with Crippen molar-refractivity contribution < 1.29 is 4.79 Å². The Morgan fingerprint density at radius 3 is 2.63 bits per heavy atom. The van der Waals surface area contributed by atoms with Gasteiger partial charge >= 0.3 is 0 Å². The van der Waals surface area contributed by atoms with E-state index in [1.54, 1.807) is 0 Å². The zero-order valence-electron chi connectivity index (χ0n) is 18.4. The van der Waals surface area contributed by atoms with E-state index in [1.165, 1.54) is 82.6 Å². The van der Waals surface area contributed by atoms with Gasteiger partial charge in [-0.2, -0.15) is 0 Å². The van der Waals surface area contributed by atoms with Gasteiger partial charge in [0.15, 0.2) is 5.78 Å². The predicted molar refractivity (Wildman–Crippen MR) is 114 cm³/mol. The number of fused-ring (bicyclic) bond motifs is 5. The van der Waals surface area contributed by atoms with Gasteiger partial charge in [-0.1, -0.05) is 59.0 Å².